The molecule has 2 aromatic carbocycles. The third-order valence-electron chi connectivity index (χ3n) is 5.75. The van der Waals surface area contributed by atoms with Crippen LogP contribution in [0.5, 0.6) is 0 Å². The van der Waals surface area contributed by atoms with E-state index in [2.05, 4.69) is 10.4 Å². The largest absolute Gasteiger partial charge is 0.416 e. The first kappa shape index (κ1) is 22.1. The molecular formula is C24H25F3N4O. The van der Waals surface area contributed by atoms with E-state index in [-0.39, 0.29) is 11.9 Å². The molecule has 1 N–H and O–H groups in total. The zero-order valence-electron chi connectivity index (χ0n) is 17.6. The number of benzene rings is 2. The van der Waals surface area contributed by atoms with E-state index in [0.29, 0.717) is 31.6 Å². The van der Waals surface area contributed by atoms with Crippen LogP contribution in [0.25, 0.3) is 5.69 Å². The van der Waals surface area contributed by atoms with Gasteiger partial charge in [0.05, 0.1) is 11.3 Å². The number of nitrogens with zero attached hydrogens (tertiary/aromatic N) is 3. The monoisotopic (exact) mass is 442 g/mol. The molecule has 1 aliphatic rings. The number of rotatable bonds is 8. The number of carbonyl (C=O) groups excluding carboxylic acids is 1. The van der Waals surface area contributed by atoms with Crippen molar-refractivity contribution < 1.29 is 18.0 Å². The lowest BCUT2D eigenvalue weighted by atomic mass is 10.1. The Balaban J connectivity index is 1.29. The predicted octanol–water partition coefficient (Wildman–Crippen LogP) is 4.56. The summed E-state index contributed by atoms with van der Waals surface area (Å²) in [7, 11) is 0. The Morgan fingerprint density at radius 2 is 1.88 bits per heavy atom. The Bertz CT molecular complexity index is 1030. The number of hydrogen-bond acceptors (Lipinski definition) is 3. The maximum atomic E-state index is 12.9. The Morgan fingerprint density at radius 3 is 2.59 bits per heavy atom. The van der Waals surface area contributed by atoms with Crippen LogP contribution >= 0.6 is 0 Å². The number of halogens is 3. The van der Waals surface area contributed by atoms with Crippen molar-refractivity contribution in [1.82, 2.24) is 20.0 Å². The molecule has 1 aromatic heterocycles. The van der Waals surface area contributed by atoms with Crippen LogP contribution in [0.2, 0.25) is 0 Å². The molecule has 3 aromatic rings. The van der Waals surface area contributed by atoms with E-state index in [0.717, 1.165) is 30.2 Å². The summed E-state index contributed by atoms with van der Waals surface area (Å²) in [6, 6.07) is 15.3. The van der Waals surface area contributed by atoms with Gasteiger partial charge in [0, 0.05) is 37.9 Å². The van der Waals surface area contributed by atoms with Crippen LogP contribution in [0.1, 0.15) is 36.0 Å². The van der Waals surface area contributed by atoms with E-state index in [1.165, 1.54) is 12.1 Å². The molecule has 1 atom stereocenters. The van der Waals surface area contributed by atoms with Crippen LogP contribution in [0, 0.1) is 0 Å². The van der Waals surface area contributed by atoms with Gasteiger partial charge in [-0.05, 0) is 54.8 Å². The maximum absolute atomic E-state index is 12.9. The van der Waals surface area contributed by atoms with Gasteiger partial charge in [-0.2, -0.15) is 18.3 Å². The van der Waals surface area contributed by atoms with Crippen molar-refractivity contribution in [1.29, 1.82) is 0 Å². The molecule has 0 radical (unpaired) electrons. The molecule has 168 valence electrons. The van der Waals surface area contributed by atoms with Crippen LogP contribution in [0.3, 0.4) is 0 Å². The number of alkyl halides is 3. The Hall–Kier alpha value is -3.13. The fourth-order valence-corrected chi connectivity index (χ4v) is 4.04. The highest BCUT2D eigenvalue weighted by atomic mass is 19.4. The molecule has 8 heteroatoms. The Morgan fingerprint density at radius 1 is 1.06 bits per heavy atom. The highest BCUT2D eigenvalue weighted by Gasteiger charge is 2.31. The third kappa shape index (κ3) is 5.37. The van der Waals surface area contributed by atoms with Crippen molar-refractivity contribution in [3.05, 3.63) is 83.7 Å². The molecule has 1 unspecified atom stereocenters. The van der Waals surface area contributed by atoms with Crippen molar-refractivity contribution in [2.45, 2.75) is 44.6 Å². The average Bonchev–Trinajstić information content (AvgIpc) is 3.43. The quantitative estimate of drug-likeness (QED) is 0.521. The summed E-state index contributed by atoms with van der Waals surface area (Å²) in [6.45, 7) is 1.54. The van der Waals surface area contributed by atoms with Crippen LogP contribution < -0.4 is 5.32 Å². The maximum Gasteiger partial charge on any atom is 0.416 e. The smallest absolute Gasteiger partial charge is 0.335 e. The number of amides is 1. The van der Waals surface area contributed by atoms with Crippen molar-refractivity contribution in [2.24, 2.45) is 0 Å². The van der Waals surface area contributed by atoms with E-state index < -0.39 is 11.7 Å². The lowest BCUT2D eigenvalue weighted by Crippen LogP contribution is -2.34. The minimum absolute atomic E-state index is 0.127. The fraction of sp³-hybridized carbons (Fsp3) is 0.333. The van der Waals surface area contributed by atoms with E-state index in [1.54, 1.807) is 16.9 Å². The minimum atomic E-state index is -4.34. The summed E-state index contributed by atoms with van der Waals surface area (Å²) in [5, 5.41) is 7.43. The van der Waals surface area contributed by atoms with Crippen LogP contribution in [0.4, 0.5) is 13.2 Å². The van der Waals surface area contributed by atoms with Gasteiger partial charge < -0.3 is 10.2 Å². The van der Waals surface area contributed by atoms with E-state index in [9.17, 15) is 18.0 Å². The van der Waals surface area contributed by atoms with Crippen molar-refractivity contribution >= 4 is 5.91 Å². The summed E-state index contributed by atoms with van der Waals surface area (Å²) in [5.41, 5.74) is 1.97. The summed E-state index contributed by atoms with van der Waals surface area (Å²) >= 11 is 0. The molecule has 5 nitrogen and oxygen atoms in total. The fourth-order valence-electron chi connectivity index (χ4n) is 4.04. The molecule has 32 heavy (non-hydrogen) atoms. The van der Waals surface area contributed by atoms with Crippen molar-refractivity contribution in [3.63, 3.8) is 0 Å². The zero-order valence-corrected chi connectivity index (χ0v) is 17.6. The average molecular weight is 442 g/mol. The van der Waals surface area contributed by atoms with E-state index in [1.807, 2.05) is 41.4 Å². The molecule has 1 amide bonds. The molecule has 2 heterocycles. The predicted molar refractivity (Wildman–Crippen MR) is 115 cm³/mol. The first-order valence-corrected chi connectivity index (χ1v) is 10.7. The minimum Gasteiger partial charge on any atom is -0.335 e. The van der Waals surface area contributed by atoms with Crippen LogP contribution in [0.15, 0.2) is 67.0 Å². The van der Waals surface area contributed by atoms with Gasteiger partial charge in [0.15, 0.2) is 0 Å². The number of likely N-dealkylation sites (tertiary alicyclic amines) is 1. The van der Waals surface area contributed by atoms with Crippen LogP contribution in [-0.2, 0) is 24.1 Å². The molecule has 0 saturated carbocycles. The second kappa shape index (κ2) is 9.56. The standard InChI is InChI=1S/C24H25F3N4O/c25-24(26,27)20-4-1-3-19(15-20)16-28-13-11-21-9-10-23(32)30(21)17-18-5-7-22(8-6-18)31-14-2-12-29-31/h1-8,12,14-15,21,28H,9-11,13,16-17H2. The highest BCUT2D eigenvalue weighted by Crippen LogP contribution is 2.29. The number of hydrogen-bond donors (Lipinski definition) is 1. The molecule has 0 aliphatic carbocycles. The van der Waals surface area contributed by atoms with Gasteiger partial charge in [-0.3, -0.25) is 4.79 Å². The molecule has 0 spiro atoms. The van der Waals surface area contributed by atoms with Gasteiger partial charge >= 0.3 is 6.18 Å². The van der Waals surface area contributed by atoms with Gasteiger partial charge in [0.25, 0.3) is 0 Å². The van der Waals surface area contributed by atoms with Crippen molar-refractivity contribution in [2.75, 3.05) is 6.54 Å². The summed E-state index contributed by atoms with van der Waals surface area (Å²) in [4.78, 5) is 14.3. The van der Waals surface area contributed by atoms with Gasteiger partial charge in [0.1, 0.15) is 0 Å². The molecular weight excluding hydrogens is 417 g/mol. The Labute approximate surface area is 184 Å². The van der Waals surface area contributed by atoms with E-state index in [4.69, 9.17) is 0 Å². The first-order chi connectivity index (χ1) is 15.4. The van der Waals surface area contributed by atoms with Crippen LogP contribution in [-0.4, -0.2) is 33.2 Å². The van der Waals surface area contributed by atoms with Gasteiger partial charge in [-0.15, -0.1) is 0 Å². The lowest BCUT2D eigenvalue weighted by Gasteiger charge is -2.25. The molecule has 1 saturated heterocycles. The lowest BCUT2D eigenvalue weighted by molar-refractivity contribution is -0.137. The van der Waals surface area contributed by atoms with Gasteiger partial charge in [-0.25, -0.2) is 4.68 Å². The molecule has 1 fully saturated rings. The summed E-state index contributed by atoms with van der Waals surface area (Å²) < 4.78 is 40.3. The second-order valence-electron chi connectivity index (χ2n) is 7.99. The van der Waals surface area contributed by atoms with Gasteiger partial charge in [-0.1, -0.05) is 30.3 Å². The highest BCUT2D eigenvalue weighted by molar-refractivity contribution is 5.78. The second-order valence-corrected chi connectivity index (χ2v) is 7.99. The number of nitrogens with one attached hydrogen (secondary N) is 1. The topological polar surface area (TPSA) is 50.2 Å². The van der Waals surface area contributed by atoms with E-state index >= 15 is 0 Å². The third-order valence-corrected chi connectivity index (χ3v) is 5.75. The Kier molecular flexibility index (Phi) is 6.60. The zero-order chi connectivity index (χ0) is 22.6. The number of carbonyl (C=O) groups is 1. The summed E-state index contributed by atoms with van der Waals surface area (Å²) in [5.74, 6) is 0.143. The summed E-state index contributed by atoms with van der Waals surface area (Å²) in [6.07, 6.45) is 1.36. The van der Waals surface area contributed by atoms with Crippen molar-refractivity contribution in [3.8, 4) is 5.69 Å². The van der Waals surface area contributed by atoms with Gasteiger partial charge in [0.2, 0.25) is 5.91 Å². The molecule has 0 bridgehead atoms. The first-order valence-electron chi connectivity index (χ1n) is 10.7. The normalized spacial score (nSPS) is 16.7. The molecule has 1 aliphatic heterocycles. The molecule has 4 rings (SSSR count). The SMILES string of the molecule is O=C1CCC(CCNCc2cccc(C(F)(F)F)c2)N1Cc1ccc(-n2cccn2)cc1. The number of aromatic nitrogens is 2.